The maximum Gasteiger partial charge on any atom is 0.326 e. The van der Waals surface area contributed by atoms with E-state index in [1.807, 2.05) is 0 Å². The number of rotatable bonds is 14. The zero-order valence-electron chi connectivity index (χ0n) is 36.0. The summed E-state index contributed by atoms with van der Waals surface area (Å²) in [6, 6.07) is -1.63. The Bertz CT molecular complexity index is 2090. The van der Waals surface area contributed by atoms with Crippen molar-refractivity contribution < 1.29 is 63.2 Å². The topological polar surface area (TPSA) is 367 Å². The molecule has 23 nitrogen and oxygen atoms in total. The lowest BCUT2D eigenvalue weighted by atomic mass is 9.96. The number of hydrogen-bond acceptors (Lipinski definition) is 15. The number of hydrogen-bond donors (Lipinski definition) is 12. The summed E-state index contributed by atoms with van der Waals surface area (Å²) in [4.78, 5) is 121. The molecule has 11 atom stereocenters. The third-order valence-electron chi connectivity index (χ3n) is 11.2. The summed E-state index contributed by atoms with van der Waals surface area (Å²) in [5.74, 6) is -9.63. The molecule has 0 spiro atoms. The lowest BCUT2D eigenvalue weighted by molar-refractivity contribution is -0.154. The highest BCUT2D eigenvalue weighted by Crippen LogP contribution is 2.34. The minimum Gasteiger partial charge on any atom is -0.480 e. The average Bonchev–Trinajstić information content (AvgIpc) is 3.82. The number of nitrogens with two attached hydrogens (primary N) is 2. The van der Waals surface area contributed by atoms with Crippen molar-refractivity contribution in [2.45, 2.75) is 114 Å². The van der Waals surface area contributed by atoms with Crippen LogP contribution in [-0.2, 0) is 47.9 Å². The number of amides is 7. The summed E-state index contributed by atoms with van der Waals surface area (Å²) in [5, 5.41) is 48.4. The molecule has 2 aromatic rings. The predicted molar refractivity (Wildman–Crippen MR) is 228 cm³/mol. The number of carboxylic acids is 1. The van der Waals surface area contributed by atoms with Gasteiger partial charge in [-0.25, -0.2) is 4.79 Å². The summed E-state index contributed by atoms with van der Waals surface area (Å²) >= 11 is 1.01. The van der Waals surface area contributed by atoms with Gasteiger partial charge in [0.05, 0.1) is 42.7 Å². The minimum atomic E-state index is -1.88. The number of primary amides is 1. The zero-order valence-corrected chi connectivity index (χ0v) is 36.9. The van der Waals surface area contributed by atoms with E-state index in [-0.39, 0.29) is 12.2 Å². The van der Waals surface area contributed by atoms with Crippen molar-refractivity contribution in [1.82, 2.24) is 41.8 Å². The SMILES string of the molecule is CC[C@H](C)[C@@H]1NC(=O)CNC(=O)C(N)c2c([nH]c3ccccc23)SCC(C(O)NC(CC(N)=O)C(=O)N2C[C@H](O)C[C@H]2C(=O)N[C@H](C(=O)O)[C@@H](C)C(C)OC(C)=O)NC(=O)CNC1=O. The van der Waals surface area contributed by atoms with Gasteiger partial charge in [0.1, 0.15) is 36.5 Å². The van der Waals surface area contributed by atoms with Crippen LogP contribution < -0.4 is 43.4 Å². The molecular formula is C40H58N10O13S. The lowest BCUT2D eigenvalue weighted by Gasteiger charge is -2.33. The molecule has 7 amide bonds. The fraction of sp³-hybridized carbons (Fsp3) is 0.575. The Morgan fingerprint density at radius 2 is 1.64 bits per heavy atom. The third-order valence-corrected chi connectivity index (χ3v) is 12.4. The molecule has 1 fully saturated rings. The number of H-pyrrole nitrogens is 1. The number of nitrogens with zero attached hydrogens (tertiary/aromatic N) is 1. The molecule has 4 rings (SSSR count). The standard InChI is InChI=1S/C40H58N10O13S/c1-6-17(2)32-37(59)44-13-28(54)45-25(16-64-38-30(22-9-7-8-10-23(22)47-38)31(42)36(58)43-14-29(55)48-32)34(56)46-24(12-27(41)53)39(60)50-15-21(52)11-26(50)35(57)49-33(40(61)62)18(3)19(4)63-20(5)51/h7-10,17-19,21,24-26,31-34,46-47,52,56H,6,11-16,42H2,1-5H3,(H2,41,53)(H,43,58)(H,44,59)(H,45,54)(H,48,55)(H,49,57)(H,61,62)/t17-,18-,19?,21+,24?,25?,26-,31?,32-,33-,34?/m0/s1. The van der Waals surface area contributed by atoms with E-state index >= 15 is 0 Å². The molecule has 0 radical (unpaired) electrons. The van der Waals surface area contributed by atoms with E-state index in [2.05, 4.69) is 36.9 Å². The molecule has 5 unspecified atom stereocenters. The molecule has 0 aliphatic carbocycles. The van der Waals surface area contributed by atoms with E-state index in [0.29, 0.717) is 27.9 Å². The highest BCUT2D eigenvalue weighted by atomic mass is 32.2. The van der Waals surface area contributed by atoms with Gasteiger partial charge in [0, 0.05) is 48.0 Å². The number of carbonyl (C=O) groups excluding carboxylic acids is 8. The number of aromatic nitrogens is 1. The van der Waals surface area contributed by atoms with Gasteiger partial charge in [-0.1, -0.05) is 45.4 Å². The monoisotopic (exact) mass is 918 g/mol. The van der Waals surface area contributed by atoms with Gasteiger partial charge in [0.2, 0.25) is 41.4 Å². The quantitative estimate of drug-likeness (QED) is 0.0656. The number of carboxylic acid groups (broad SMARTS) is 1. The highest BCUT2D eigenvalue weighted by molar-refractivity contribution is 7.99. The molecule has 0 bridgehead atoms. The van der Waals surface area contributed by atoms with Crippen molar-refractivity contribution in [3.05, 3.63) is 29.8 Å². The second-order valence-electron chi connectivity index (χ2n) is 16.0. The van der Waals surface area contributed by atoms with Crippen LogP contribution in [0.2, 0.25) is 0 Å². The molecule has 1 aromatic carbocycles. The fourth-order valence-corrected chi connectivity index (χ4v) is 8.56. The molecule has 64 heavy (non-hydrogen) atoms. The van der Waals surface area contributed by atoms with Crippen LogP contribution >= 0.6 is 11.8 Å². The number of aliphatic carboxylic acids is 1. The van der Waals surface area contributed by atoms with Crippen molar-refractivity contribution in [3.8, 4) is 0 Å². The molecule has 1 aromatic heterocycles. The molecule has 2 aliphatic heterocycles. The second kappa shape index (κ2) is 22.7. The summed E-state index contributed by atoms with van der Waals surface area (Å²) in [5.41, 5.74) is 12.9. The molecule has 14 N–H and O–H groups in total. The Kier molecular flexibility index (Phi) is 18.0. The van der Waals surface area contributed by atoms with Gasteiger partial charge in [0.15, 0.2) is 0 Å². The Hall–Kier alpha value is -5.82. The van der Waals surface area contributed by atoms with E-state index in [4.69, 9.17) is 16.2 Å². The van der Waals surface area contributed by atoms with Crippen molar-refractivity contribution in [2.24, 2.45) is 23.3 Å². The van der Waals surface area contributed by atoms with Crippen molar-refractivity contribution >= 4 is 76.0 Å². The van der Waals surface area contributed by atoms with Crippen LogP contribution in [0, 0.1) is 11.8 Å². The minimum absolute atomic E-state index is 0.205. The molecule has 24 heteroatoms. The summed E-state index contributed by atoms with van der Waals surface area (Å²) in [6.07, 6.45) is -4.73. The summed E-state index contributed by atoms with van der Waals surface area (Å²) in [6.45, 7) is 5.93. The number of esters is 1. The largest absolute Gasteiger partial charge is 0.480 e. The maximum atomic E-state index is 14.2. The van der Waals surface area contributed by atoms with Crippen LogP contribution in [-0.4, -0.2) is 153 Å². The predicted octanol–water partition coefficient (Wildman–Crippen LogP) is -3.21. The van der Waals surface area contributed by atoms with E-state index in [1.54, 1.807) is 38.1 Å². The normalized spacial score (nSPS) is 24.2. The summed E-state index contributed by atoms with van der Waals surface area (Å²) < 4.78 is 5.10. The first-order valence-electron chi connectivity index (χ1n) is 20.7. The van der Waals surface area contributed by atoms with Gasteiger partial charge in [-0.2, -0.15) is 0 Å². The number of carbonyl (C=O) groups is 9. The number of fused-ring (bicyclic) bond motifs is 3. The van der Waals surface area contributed by atoms with E-state index < -0.39 is 146 Å². The third kappa shape index (κ3) is 13.1. The number of likely N-dealkylation sites (tertiary alicyclic amines) is 1. The van der Waals surface area contributed by atoms with Crippen molar-refractivity contribution in [1.29, 1.82) is 0 Å². The number of aliphatic hydroxyl groups excluding tert-OH is 2. The van der Waals surface area contributed by atoms with Crippen LogP contribution in [0.4, 0.5) is 0 Å². The van der Waals surface area contributed by atoms with Gasteiger partial charge in [-0.15, -0.1) is 11.8 Å². The fourth-order valence-electron chi connectivity index (χ4n) is 7.37. The number of aliphatic hydroxyl groups is 2. The van der Waals surface area contributed by atoms with Crippen LogP contribution in [0.15, 0.2) is 29.3 Å². The number of benzene rings is 1. The zero-order chi connectivity index (χ0) is 47.6. The van der Waals surface area contributed by atoms with Crippen LogP contribution in [0.3, 0.4) is 0 Å². The van der Waals surface area contributed by atoms with E-state index in [9.17, 15) is 58.5 Å². The van der Waals surface area contributed by atoms with Gasteiger partial charge in [-0.05, 0) is 18.9 Å². The van der Waals surface area contributed by atoms with Gasteiger partial charge >= 0.3 is 11.9 Å². The van der Waals surface area contributed by atoms with Gasteiger partial charge in [0.25, 0.3) is 0 Å². The van der Waals surface area contributed by atoms with Gasteiger partial charge in [-0.3, -0.25) is 43.7 Å². The van der Waals surface area contributed by atoms with Crippen molar-refractivity contribution in [2.75, 3.05) is 25.4 Å². The first kappa shape index (κ1) is 50.8. The van der Waals surface area contributed by atoms with E-state index in [1.165, 1.54) is 13.8 Å². The van der Waals surface area contributed by atoms with Crippen LogP contribution in [0.1, 0.15) is 65.5 Å². The number of nitrogens with one attached hydrogen (secondary N) is 7. The maximum absolute atomic E-state index is 14.2. The van der Waals surface area contributed by atoms with Crippen LogP contribution in [0.5, 0.6) is 0 Å². The van der Waals surface area contributed by atoms with E-state index in [0.717, 1.165) is 23.6 Å². The highest BCUT2D eigenvalue weighted by Gasteiger charge is 2.44. The average molecular weight is 919 g/mol. The Morgan fingerprint density at radius 1 is 1.00 bits per heavy atom. The second-order valence-corrected chi connectivity index (χ2v) is 17.0. The number of β-amino-alcohol motifs (C(OH)–C–C–N with tert-alkyl or cyclic N) is 1. The molecule has 0 saturated carbocycles. The molecular weight excluding hydrogens is 861 g/mol. The summed E-state index contributed by atoms with van der Waals surface area (Å²) in [7, 11) is 0. The smallest absolute Gasteiger partial charge is 0.326 e. The first-order valence-corrected chi connectivity index (χ1v) is 21.7. The van der Waals surface area contributed by atoms with Crippen molar-refractivity contribution in [3.63, 3.8) is 0 Å². The molecule has 2 aliphatic rings. The Morgan fingerprint density at radius 3 is 2.27 bits per heavy atom. The van der Waals surface area contributed by atoms with Gasteiger partial charge < -0.3 is 68.0 Å². The molecule has 1 saturated heterocycles. The van der Waals surface area contributed by atoms with Crippen LogP contribution in [0.25, 0.3) is 10.9 Å². The Labute approximate surface area is 372 Å². The number of ether oxygens (including phenoxy) is 1. The Balaban J connectivity index is 1.66. The molecule has 352 valence electrons. The number of aromatic amines is 1. The molecule has 3 heterocycles. The number of para-hydroxylation sites is 1. The first-order chi connectivity index (χ1) is 30.1. The lowest BCUT2D eigenvalue weighted by Crippen LogP contribution is -2.61. The number of thioether (sulfide) groups is 1.